The van der Waals surface area contributed by atoms with Crippen molar-refractivity contribution in [1.29, 1.82) is 0 Å². The van der Waals surface area contributed by atoms with E-state index in [0.717, 1.165) is 16.7 Å². The van der Waals surface area contributed by atoms with Crippen molar-refractivity contribution in [3.8, 4) is 22.6 Å². The number of methoxy groups -OCH3 is 2. The first-order chi connectivity index (χ1) is 17.5. The fourth-order valence-electron chi connectivity index (χ4n) is 4.13. The van der Waals surface area contributed by atoms with Gasteiger partial charge in [-0.15, -0.1) is 0 Å². The van der Waals surface area contributed by atoms with E-state index in [4.69, 9.17) is 23.8 Å². The van der Waals surface area contributed by atoms with Gasteiger partial charge < -0.3 is 29.1 Å². The van der Waals surface area contributed by atoms with Gasteiger partial charge in [0.25, 0.3) is 5.91 Å². The van der Waals surface area contributed by atoms with Crippen LogP contribution in [0.15, 0.2) is 47.6 Å². The molecule has 1 N–H and O–H groups in total. The lowest BCUT2D eigenvalue weighted by Crippen LogP contribution is -2.48. The molecule has 9 heteroatoms. The van der Waals surface area contributed by atoms with Crippen molar-refractivity contribution >= 4 is 17.6 Å². The van der Waals surface area contributed by atoms with Crippen LogP contribution >= 0.6 is 0 Å². The smallest absolute Gasteiger partial charge is 0.328 e. The Bertz CT molecular complexity index is 1050. The standard InChI is InChI=1S/C27H34N2O7/c1-5-36-27(31)23(28-26(30)25(29-34-4)20-12-14-35-15-13-20)16-18-6-8-19(9-7-18)22-11-10-21(32-2)17-24(22)33-3/h6-11,17,20,23H,5,12-16H2,1-4H3,(H,28,30)/t23-/m0/s1. The molecule has 1 aliphatic rings. The fourth-order valence-corrected chi connectivity index (χ4v) is 4.13. The van der Waals surface area contributed by atoms with Crippen LogP contribution < -0.4 is 14.8 Å². The Morgan fingerprint density at radius 2 is 1.78 bits per heavy atom. The average molecular weight is 499 g/mol. The molecular formula is C27H34N2O7. The SMILES string of the molecule is CCOC(=O)[C@H](Cc1ccc(-c2ccc(OC)cc2OC)cc1)NC(=O)C(=NOC)C1CCOCC1. The monoisotopic (exact) mass is 498 g/mol. The summed E-state index contributed by atoms with van der Waals surface area (Å²) in [6.07, 6.45) is 1.59. The molecule has 1 fully saturated rings. The summed E-state index contributed by atoms with van der Waals surface area (Å²) in [6, 6.07) is 12.5. The predicted molar refractivity (Wildman–Crippen MR) is 135 cm³/mol. The van der Waals surface area contributed by atoms with Crippen LogP contribution in [0.2, 0.25) is 0 Å². The van der Waals surface area contributed by atoms with Crippen molar-refractivity contribution in [2.45, 2.75) is 32.2 Å². The third-order valence-electron chi connectivity index (χ3n) is 6.02. The number of ether oxygens (including phenoxy) is 4. The van der Waals surface area contributed by atoms with Gasteiger partial charge in [0.15, 0.2) is 0 Å². The Labute approximate surface area is 211 Å². The Hall–Kier alpha value is -3.59. The molecule has 1 aliphatic heterocycles. The summed E-state index contributed by atoms with van der Waals surface area (Å²) in [5.74, 6) is 0.353. The molecule has 1 amide bonds. The molecule has 0 saturated carbocycles. The maximum atomic E-state index is 13.1. The number of nitrogens with zero attached hydrogens (tertiary/aromatic N) is 1. The van der Waals surface area contributed by atoms with Crippen LogP contribution in [-0.4, -0.2) is 64.8 Å². The number of carbonyl (C=O) groups excluding carboxylic acids is 2. The van der Waals surface area contributed by atoms with Gasteiger partial charge in [-0.05, 0) is 43.0 Å². The molecule has 2 aromatic carbocycles. The summed E-state index contributed by atoms with van der Waals surface area (Å²) < 4.78 is 21.4. The molecule has 194 valence electrons. The summed E-state index contributed by atoms with van der Waals surface area (Å²) in [5, 5.41) is 6.77. The third kappa shape index (κ3) is 6.97. The molecule has 2 aromatic rings. The van der Waals surface area contributed by atoms with Gasteiger partial charge in [-0.25, -0.2) is 4.79 Å². The first kappa shape index (κ1) is 27.0. The maximum absolute atomic E-state index is 13.1. The zero-order valence-electron chi connectivity index (χ0n) is 21.2. The molecule has 9 nitrogen and oxygen atoms in total. The molecule has 3 rings (SSSR count). The Balaban J connectivity index is 1.77. The molecule has 0 radical (unpaired) electrons. The minimum absolute atomic E-state index is 0.0969. The van der Waals surface area contributed by atoms with Gasteiger partial charge in [-0.3, -0.25) is 4.79 Å². The van der Waals surface area contributed by atoms with Crippen molar-refractivity contribution in [2.24, 2.45) is 11.1 Å². The number of carbonyl (C=O) groups is 2. The van der Waals surface area contributed by atoms with Crippen LogP contribution in [0.4, 0.5) is 0 Å². The lowest BCUT2D eigenvalue weighted by atomic mass is 9.93. The Morgan fingerprint density at radius 3 is 2.39 bits per heavy atom. The van der Waals surface area contributed by atoms with Gasteiger partial charge in [0, 0.05) is 37.2 Å². The van der Waals surface area contributed by atoms with E-state index < -0.39 is 17.9 Å². The first-order valence-electron chi connectivity index (χ1n) is 12.0. The minimum atomic E-state index is -0.874. The lowest BCUT2D eigenvalue weighted by Gasteiger charge is -2.24. The number of esters is 1. The van der Waals surface area contributed by atoms with Crippen LogP contribution in [0.1, 0.15) is 25.3 Å². The summed E-state index contributed by atoms with van der Waals surface area (Å²) in [6.45, 7) is 3.04. The van der Waals surface area contributed by atoms with Gasteiger partial charge >= 0.3 is 5.97 Å². The zero-order valence-corrected chi connectivity index (χ0v) is 21.2. The summed E-state index contributed by atoms with van der Waals surface area (Å²) in [4.78, 5) is 30.8. The largest absolute Gasteiger partial charge is 0.497 e. The number of hydrogen-bond acceptors (Lipinski definition) is 8. The summed E-state index contributed by atoms with van der Waals surface area (Å²) >= 11 is 0. The first-order valence-corrected chi connectivity index (χ1v) is 12.0. The van der Waals surface area contributed by atoms with Crippen molar-refractivity contribution in [1.82, 2.24) is 5.32 Å². The van der Waals surface area contributed by atoms with Crippen LogP contribution in [0.25, 0.3) is 11.1 Å². The second-order valence-corrected chi connectivity index (χ2v) is 8.29. The van der Waals surface area contributed by atoms with Gasteiger partial charge in [0.2, 0.25) is 0 Å². The minimum Gasteiger partial charge on any atom is -0.497 e. The van der Waals surface area contributed by atoms with Crippen LogP contribution in [0.3, 0.4) is 0 Å². The third-order valence-corrected chi connectivity index (χ3v) is 6.02. The van der Waals surface area contributed by atoms with Crippen molar-refractivity contribution in [3.63, 3.8) is 0 Å². The van der Waals surface area contributed by atoms with Gasteiger partial charge in [-0.1, -0.05) is 29.4 Å². The second kappa shape index (κ2) is 13.5. The molecule has 1 heterocycles. The highest BCUT2D eigenvalue weighted by atomic mass is 16.6. The lowest BCUT2D eigenvalue weighted by molar-refractivity contribution is -0.146. The number of oxime groups is 1. The molecule has 0 aliphatic carbocycles. The summed E-state index contributed by atoms with van der Waals surface area (Å²) in [7, 11) is 4.62. The normalized spacial score (nSPS) is 15.1. The van der Waals surface area contributed by atoms with Crippen LogP contribution in [-0.2, 0) is 30.3 Å². The van der Waals surface area contributed by atoms with E-state index in [-0.39, 0.29) is 24.7 Å². The predicted octanol–water partition coefficient (Wildman–Crippen LogP) is 3.39. The number of nitrogens with one attached hydrogen (secondary N) is 1. The maximum Gasteiger partial charge on any atom is 0.328 e. The van der Waals surface area contributed by atoms with Crippen molar-refractivity contribution < 1.29 is 33.4 Å². The number of hydrogen-bond donors (Lipinski definition) is 1. The topological polar surface area (TPSA) is 105 Å². The quantitative estimate of drug-likeness (QED) is 0.288. The molecule has 1 atom stereocenters. The van der Waals surface area contributed by atoms with Gasteiger partial charge in [-0.2, -0.15) is 0 Å². The highest BCUT2D eigenvalue weighted by Gasteiger charge is 2.30. The summed E-state index contributed by atoms with van der Waals surface area (Å²) in [5.41, 5.74) is 2.99. The number of amides is 1. The van der Waals surface area contributed by atoms with E-state index in [1.165, 1.54) is 7.11 Å². The van der Waals surface area contributed by atoms with E-state index >= 15 is 0 Å². The highest BCUT2D eigenvalue weighted by molar-refractivity contribution is 6.39. The number of rotatable bonds is 11. The molecule has 0 spiro atoms. The van der Waals surface area contributed by atoms with Gasteiger partial charge in [0.05, 0.1) is 20.8 Å². The molecule has 0 unspecified atom stereocenters. The van der Waals surface area contributed by atoms with Crippen molar-refractivity contribution in [2.75, 3.05) is 41.2 Å². The van der Waals surface area contributed by atoms with Crippen LogP contribution in [0, 0.1) is 5.92 Å². The van der Waals surface area contributed by atoms with E-state index in [1.54, 1.807) is 21.1 Å². The van der Waals surface area contributed by atoms with E-state index in [2.05, 4.69) is 10.5 Å². The molecule has 1 saturated heterocycles. The van der Waals surface area contributed by atoms with E-state index in [0.29, 0.717) is 37.6 Å². The zero-order chi connectivity index (χ0) is 25.9. The van der Waals surface area contributed by atoms with Crippen molar-refractivity contribution in [3.05, 3.63) is 48.0 Å². The molecule has 0 aromatic heterocycles. The Morgan fingerprint density at radius 1 is 1.06 bits per heavy atom. The molecule has 0 bridgehead atoms. The Kier molecular flexibility index (Phi) is 10.1. The molecular weight excluding hydrogens is 464 g/mol. The number of benzene rings is 2. The fraction of sp³-hybridized carbons (Fsp3) is 0.444. The highest BCUT2D eigenvalue weighted by Crippen LogP contribution is 2.33. The van der Waals surface area contributed by atoms with Crippen LogP contribution in [0.5, 0.6) is 11.5 Å². The van der Waals surface area contributed by atoms with E-state index in [1.807, 2.05) is 42.5 Å². The van der Waals surface area contributed by atoms with E-state index in [9.17, 15) is 9.59 Å². The van der Waals surface area contributed by atoms with Gasteiger partial charge in [0.1, 0.15) is 30.4 Å². The molecule has 36 heavy (non-hydrogen) atoms. The second-order valence-electron chi connectivity index (χ2n) is 8.29. The average Bonchev–Trinajstić information content (AvgIpc) is 2.92.